The number of aryl methyl sites for hydroxylation is 1. The van der Waals surface area contributed by atoms with Gasteiger partial charge in [-0.05, 0) is 28.6 Å². The van der Waals surface area contributed by atoms with Gasteiger partial charge in [-0.15, -0.1) is 0 Å². The Balaban J connectivity index is 2.56. The van der Waals surface area contributed by atoms with Gasteiger partial charge in [0.1, 0.15) is 5.56 Å². The Kier molecular flexibility index (Phi) is 3.37. The summed E-state index contributed by atoms with van der Waals surface area (Å²) in [5.74, 6) is -0.423. The third-order valence-electron chi connectivity index (χ3n) is 3.98. The molecule has 0 unspecified atom stereocenters. The van der Waals surface area contributed by atoms with Crippen molar-refractivity contribution in [3.05, 3.63) is 47.5 Å². The van der Waals surface area contributed by atoms with E-state index >= 15 is 0 Å². The van der Waals surface area contributed by atoms with Gasteiger partial charge in [0.2, 0.25) is 0 Å². The number of carbonyl (C=O) groups is 1. The van der Waals surface area contributed by atoms with E-state index < -0.39 is 5.97 Å². The fourth-order valence-electron chi connectivity index (χ4n) is 2.92. The molecule has 4 heteroatoms. The number of fused-ring (bicyclic) bond motifs is 3. The molecule has 0 atom stereocenters. The third-order valence-corrected chi connectivity index (χ3v) is 3.98. The monoisotopic (exact) mass is 296 g/mol. The second-order valence-corrected chi connectivity index (χ2v) is 5.08. The molecule has 1 N–H and O–H groups in total. The van der Waals surface area contributed by atoms with Crippen molar-refractivity contribution in [3.8, 4) is 11.5 Å². The van der Waals surface area contributed by atoms with Gasteiger partial charge in [-0.3, -0.25) is 0 Å². The Morgan fingerprint density at radius 1 is 1.05 bits per heavy atom. The molecule has 0 fully saturated rings. The van der Waals surface area contributed by atoms with Gasteiger partial charge in [-0.25, -0.2) is 4.79 Å². The van der Waals surface area contributed by atoms with Gasteiger partial charge in [0.05, 0.1) is 14.2 Å². The van der Waals surface area contributed by atoms with E-state index in [1.165, 1.54) is 14.2 Å². The first kappa shape index (κ1) is 14.2. The number of hydrogen-bond donors (Lipinski definition) is 1. The SMILES string of the molecule is COC(=O)c1c(OC)c(O)c2c(ccc3ccccc32)c1C. The number of phenols is 1. The molecule has 0 bridgehead atoms. The van der Waals surface area contributed by atoms with Crippen LogP contribution in [0.5, 0.6) is 11.5 Å². The van der Waals surface area contributed by atoms with Crippen LogP contribution in [0.1, 0.15) is 15.9 Å². The maximum atomic E-state index is 12.1. The molecule has 0 aliphatic heterocycles. The molecule has 3 rings (SSSR count). The lowest BCUT2D eigenvalue weighted by Crippen LogP contribution is -2.07. The standard InChI is InChI=1S/C18H16O4/c1-10-12-9-8-11-6-4-5-7-13(11)15(12)16(19)17(21-2)14(10)18(20)22-3/h4-9,19H,1-3H3. The van der Waals surface area contributed by atoms with Crippen molar-refractivity contribution in [2.24, 2.45) is 0 Å². The number of rotatable bonds is 2. The minimum Gasteiger partial charge on any atom is -0.504 e. The van der Waals surface area contributed by atoms with Crippen LogP contribution in [0.4, 0.5) is 0 Å². The highest BCUT2D eigenvalue weighted by Crippen LogP contribution is 2.44. The molecule has 0 saturated carbocycles. The van der Waals surface area contributed by atoms with E-state index in [9.17, 15) is 9.90 Å². The summed E-state index contributed by atoms with van der Waals surface area (Å²) < 4.78 is 10.1. The van der Waals surface area contributed by atoms with Crippen LogP contribution in [0.25, 0.3) is 21.5 Å². The zero-order valence-electron chi connectivity index (χ0n) is 12.6. The zero-order chi connectivity index (χ0) is 15.9. The summed E-state index contributed by atoms with van der Waals surface area (Å²) >= 11 is 0. The van der Waals surface area contributed by atoms with Crippen LogP contribution < -0.4 is 4.74 Å². The largest absolute Gasteiger partial charge is 0.504 e. The Hall–Kier alpha value is -2.75. The minimum absolute atomic E-state index is 0.0414. The van der Waals surface area contributed by atoms with E-state index in [1.807, 2.05) is 43.3 Å². The molecule has 0 aromatic heterocycles. The average molecular weight is 296 g/mol. The molecule has 0 spiro atoms. The Labute approximate surface area is 127 Å². The van der Waals surface area contributed by atoms with Crippen LogP contribution in [0.3, 0.4) is 0 Å². The fraction of sp³-hybridized carbons (Fsp3) is 0.167. The van der Waals surface area contributed by atoms with E-state index in [0.717, 1.165) is 21.7 Å². The molecule has 0 amide bonds. The molecule has 0 aliphatic carbocycles. The Morgan fingerprint density at radius 2 is 1.77 bits per heavy atom. The van der Waals surface area contributed by atoms with Gasteiger partial charge >= 0.3 is 5.97 Å². The third kappa shape index (κ3) is 1.88. The summed E-state index contributed by atoms with van der Waals surface area (Å²) in [7, 11) is 2.74. The number of aromatic hydroxyl groups is 1. The highest BCUT2D eigenvalue weighted by Gasteiger charge is 2.24. The Bertz CT molecular complexity index is 897. The molecule has 112 valence electrons. The summed E-state index contributed by atoms with van der Waals surface area (Å²) in [6, 6.07) is 11.6. The quantitative estimate of drug-likeness (QED) is 0.577. The van der Waals surface area contributed by atoms with Crippen LogP contribution in [0.2, 0.25) is 0 Å². The minimum atomic E-state index is -0.528. The lowest BCUT2D eigenvalue weighted by atomic mass is 9.94. The number of carbonyl (C=O) groups excluding carboxylic acids is 1. The molecule has 3 aromatic rings. The van der Waals surface area contributed by atoms with Crippen molar-refractivity contribution < 1.29 is 19.4 Å². The van der Waals surface area contributed by atoms with E-state index in [2.05, 4.69) is 0 Å². The van der Waals surface area contributed by atoms with Crippen molar-refractivity contribution in [2.45, 2.75) is 6.92 Å². The molecular weight excluding hydrogens is 280 g/mol. The summed E-state index contributed by atoms with van der Waals surface area (Å²) in [5.41, 5.74) is 0.979. The maximum absolute atomic E-state index is 12.1. The average Bonchev–Trinajstić information content (AvgIpc) is 2.56. The molecule has 0 radical (unpaired) electrons. The van der Waals surface area contributed by atoms with Crippen molar-refractivity contribution in [2.75, 3.05) is 14.2 Å². The highest BCUT2D eigenvalue weighted by molar-refractivity contribution is 6.15. The van der Waals surface area contributed by atoms with Crippen LogP contribution in [-0.4, -0.2) is 25.3 Å². The summed E-state index contributed by atoms with van der Waals surface area (Å²) in [5, 5.41) is 14.1. The first-order valence-corrected chi connectivity index (χ1v) is 6.89. The lowest BCUT2D eigenvalue weighted by molar-refractivity contribution is 0.0595. The first-order valence-electron chi connectivity index (χ1n) is 6.89. The van der Waals surface area contributed by atoms with E-state index in [1.54, 1.807) is 0 Å². The number of ether oxygens (including phenoxy) is 2. The smallest absolute Gasteiger partial charge is 0.342 e. The van der Waals surface area contributed by atoms with Crippen molar-refractivity contribution in [1.82, 2.24) is 0 Å². The summed E-state index contributed by atoms with van der Waals surface area (Å²) in [6.45, 7) is 1.82. The molecule has 22 heavy (non-hydrogen) atoms. The normalized spacial score (nSPS) is 10.9. The lowest BCUT2D eigenvalue weighted by Gasteiger charge is -2.16. The molecule has 4 nitrogen and oxygen atoms in total. The van der Waals surface area contributed by atoms with E-state index in [-0.39, 0.29) is 17.1 Å². The second-order valence-electron chi connectivity index (χ2n) is 5.08. The number of methoxy groups -OCH3 is 2. The molecular formula is C18H16O4. The van der Waals surface area contributed by atoms with Crippen LogP contribution in [-0.2, 0) is 4.74 Å². The van der Waals surface area contributed by atoms with Gasteiger partial charge in [0.15, 0.2) is 11.5 Å². The van der Waals surface area contributed by atoms with Gasteiger partial charge < -0.3 is 14.6 Å². The number of hydrogen-bond acceptors (Lipinski definition) is 4. The van der Waals surface area contributed by atoms with E-state index in [4.69, 9.17) is 9.47 Å². The molecule has 0 aliphatic rings. The molecule has 3 aromatic carbocycles. The van der Waals surface area contributed by atoms with Gasteiger partial charge in [0.25, 0.3) is 0 Å². The predicted octanol–water partition coefficient (Wildman–Crippen LogP) is 3.80. The van der Waals surface area contributed by atoms with Gasteiger partial charge in [0, 0.05) is 5.39 Å². The Morgan fingerprint density at radius 3 is 2.45 bits per heavy atom. The van der Waals surface area contributed by atoms with Crippen LogP contribution >= 0.6 is 0 Å². The van der Waals surface area contributed by atoms with Crippen molar-refractivity contribution in [1.29, 1.82) is 0 Å². The highest BCUT2D eigenvalue weighted by atomic mass is 16.5. The topological polar surface area (TPSA) is 55.8 Å². The van der Waals surface area contributed by atoms with Gasteiger partial charge in [-0.1, -0.05) is 36.4 Å². The predicted molar refractivity (Wildman–Crippen MR) is 85.7 cm³/mol. The van der Waals surface area contributed by atoms with Crippen molar-refractivity contribution >= 4 is 27.5 Å². The second kappa shape index (κ2) is 5.22. The number of phenolic OH excluding ortho intramolecular Hbond substituents is 1. The molecule has 0 heterocycles. The van der Waals surface area contributed by atoms with Crippen molar-refractivity contribution in [3.63, 3.8) is 0 Å². The fourth-order valence-corrected chi connectivity index (χ4v) is 2.92. The van der Waals surface area contributed by atoms with Crippen LogP contribution in [0, 0.1) is 6.92 Å². The maximum Gasteiger partial charge on any atom is 0.342 e. The van der Waals surface area contributed by atoms with Crippen LogP contribution in [0.15, 0.2) is 36.4 Å². The summed E-state index contributed by atoms with van der Waals surface area (Å²) in [4.78, 5) is 12.1. The zero-order valence-corrected chi connectivity index (χ0v) is 12.6. The molecule has 0 saturated heterocycles. The number of esters is 1. The number of benzene rings is 3. The summed E-state index contributed by atoms with van der Waals surface area (Å²) in [6.07, 6.45) is 0. The first-order chi connectivity index (χ1) is 10.6. The van der Waals surface area contributed by atoms with E-state index in [0.29, 0.717) is 5.39 Å². The van der Waals surface area contributed by atoms with Gasteiger partial charge in [-0.2, -0.15) is 0 Å².